The first-order valence-electron chi connectivity index (χ1n) is 6.83. The summed E-state index contributed by atoms with van der Waals surface area (Å²) < 4.78 is 5.73. The van der Waals surface area contributed by atoms with E-state index in [1.807, 2.05) is 57.2 Å². The molecule has 0 aliphatic heterocycles. The lowest BCUT2D eigenvalue weighted by molar-refractivity contribution is -0.120. The molecule has 2 rings (SSSR count). The van der Waals surface area contributed by atoms with Crippen LogP contribution in [0.3, 0.4) is 0 Å². The van der Waals surface area contributed by atoms with Crippen LogP contribution in [0.4, 0.5) is 0 Å². The molecular formula is C18H20O2. The average Bonchev–Trinajstić information content (AvgIpc) is 2.44. The van der Waals surface area contributed by atoms with E-state index in [-0.39, 0.29) is 12.4 Å². The predicted molar refractivity (Wildman–Crippen MR) is 81.3 cm³/mol. The molecule has 2 heteroatoms. The van der Waals surface area contributed by atoms with Gasteiger partial charge >= 0.3 is 0 Å². The van der Waals surface area contributed by atoms with Gasteiger partial charge in [0.15, 0.2) is 5.78 Å². The highest BCUT2D eigenvalue weighted by Crippen LogP contribution is 2.25. The third kappa shape index (κ3) is 3.47. The van der Waals surface area contributed by atoms with Crippen molar-refractivity contribution in [1.29, 1.82) is 0 Å². The maximum absolute atomic E-state index is 12.0. The summed E-state index contributed by atoms with van der Waals surface area (Å²) in [6.07, 6.45) is 0.421. The van der Waals surface area contributed by atoms with E-state index in [0.717, 1.165) is 22.4 Å². The fourth-order valence-electron chi connectivity index (χ4n) is 2.17. The van der Waals surface area contributed by atoms with Crippen LogP contribution in [0.25, 0.3) is 0 Å². The molecular weight excluding hydrogens is 248 g/mol. The summed E-state index contributed by atoms with van der Waals surface area (Å²) in [7, 11) is 0. The van der Waals surface area contributed by atoms with Crippen LogP contribution in [0.2, 0.25) is 0 Å². The highest BCUT2D eigenvalue weighted by atomic mass is 16.5. The molecule has 0 saturated carbocycles. The largest absolute Gasteiger partial charge is 0.485 e. The molecule has 104 valence electrons. The minimum Gasteiger partial charge on any atom is -0.485 e. The Balaban J connectivity index is 1.99. The number of ether oxygens (including phenoxy) is 1. The Morgan fingerprint density at radius 3 is 2.30 bits per heavy atom. The van der Waals surface area contributed by atoms with Crippen molar-refractivity contribution in [3.05, 3.63) is 64.7 Å². The van der Waals surface area contributed by atoms with Crippen molar-refractivity contribution < 1.29 is 9.53 Å². The van der Waals surface area contributed by atoms with Crippen LogP contribution < -0.4 is 4.74 Å². The number of benzene rings is 2. The summed E-state index contributed by atoms with van der Waals surface area (Å²) in [5.41, 5.74) is 4.39. The maximum atomic E-state index is 12.0. The number of aryl methyl sites for hydroxylation is 2. The Labute approximate surface area is 120 Å². The molecule has 0 heterocycles. The molecule has 0 aliphatic carbocycles. The van der Waals surface area contributed by atoms with E-state index in [4.69, 9.17) is 4.74 Å². The van der Waals surface area contributed by atoms with Gasteiger partial charge in [0, 0.05) is 6.42 Å². The molecule has 0 unspecified atom stereocenters. The minimum atomic E-state index is 0.0940. The Bertz CT molecular complexity index is 600. The summed E-state index contributed by atoms with van der Waals surface area (Å²) in [6.45, 7) is 6.20. The first-order valence-corrected chi connectivity index (χ1v) is 6.83. The van der Waals surface area contributed by atoms with E-state index in [2.05, 4.69) is 6.07 Å². The van der Waals surface area contributed by atoms with Gasteiger partial charge in [-0.2, -0.15) is 0 Å². The standard InChI is InChI=1S/C18H20O2/c1-13-9-10-14(2)18(15(13)3)20-12-17(19)11-16-7-5-4-6-8-16/h4-10H,11-12H2,1-3H3. The highest BCUT2D eigenvalue weighted by Gasteiger charge is 2.09. The van der Waals surface area contributed by atoms with Crippen LogP contribution in [0.15, 0.2) is 42.5 Å². The van der Waals surface area contributed by atoms with Crippen molar-refractivity contribution in [2.24, 2.45) is 0 Å². The molecule has 0 spiro atoms. The smallest absolute Gasteiger partial charge is 0.174 e. The molecule has 0 fully saturated rings. The second-order valence-electron chi connectivity index (χ2n) is 5.14. The number of Topliss-reactive ketones (excluding diaryl/α,β-unsaturated/α-hetero) is 1. The average molecular weight is 268 g/mol. The van der Waals surface area contributed by atoms with Gasteiger partial charge in [-0.25, -0.2) is 0 Å². The fourth-order valence-corrected chi connectivity index (χ4v) is 2.17. The number of hydrogen-bond donors (Lipinski definition) is 0. The van der Waals surface area contributed by atoms with Crippen LogP contribution in [0.5, 0.6) is 5.75 Å². The number of ketones is 1. The van der Waals surface area contributed by atoms with Gasteiger partial charge in [-0.05, 0) is 43.0 Å². The van der Waals surface area contributed by atoms with Crippen molar-refractivity contribution in [3.63, 3.8) is 0 Å². The zero-order valence-corrected chi connectivity index (χ0v) is 12.3. The topological polar surface area (TPSA) is 26.3 Å². The molecule has 0 saturated heterocycles. The van der Waals surface area contributed by atoms with Gasteiger partial charge in [0.1, 0.15) is 12.4 Å². The highest BCUT2D eigenvalue weighted by molar-refractivity contribution is 5.82. The summed E-state index contributed by atoms with van der Waals surface area (Å²) >= 11 is 0. The number of carbonyl (C=O) groups excluding carboxylic acids is 1. The van der Waals surface area contributed by atoms with Crippen molar-refractivity contribution >= 4 is 5.78 Å². The third-order valence-electron chi connectivity index (χ3n) is 3.50. The van der Waals surface area contributed by atoms with Gasteiger partial charge in [-0.3, -0.25) is 4.79 Å². The molecule has 0 radical (unpaired) electrons. The molecule has 2 aromatic carbocycles. The first kappa shape index (κ1) is 14.3. The van der Waals surface area contributed by atoms with Crippen LogP contribution in [-0.4, -0.2) is 12.4 Å². The zero-order valence-electron chi connectivity index (χ0n) is 12.3. The van der Waals surface area contributed by atoms with Gasteiger partial charge in [0.25, 0.3) is 0 Å². The summed E-state index contributed by atoms with van der Waals surface area (Å²) in [6, 6.07) is 13.9. The molecule has 20 heavy (non-hydrogen) atoms. The minimum absolute atomic E-state index is 0.0940. The quantitative estimate of drug-likeness (QED) is 0.824. The second-order valence-corrected chi connectivity index (χ2v) is 5.14. The van der Waals surface area contributed by atoms with E-state index in [0.29, 0.717) is 6.42 Å². The van der Waals surface area contributed by atoms with E-state index in [1.54, 1.807) is 0 Å². The van der Waals surface area contributed by atoms with Crippen molar-refractivity contribution in [2.45, 2.75) is 27.2 Å². The number of hydrogen-bond acceptors (Lipinski definition) is 2. The van der Waals surface area contributed by atoms with Crippen LogP contribution in [0.1, 0.15) is 22.3 Å². The van der Waals surface area contributed by atoms with Gasteiger partial charge < -0.3 is 4.74 Å². The van der Waals surface area contributed by atoms with Crippen molar-refractivity contribution in [1.82, 2.24) is 0 Å². The lowest BCUT2D eigenvalue weighted by Gasteiger charge is -2.13. The van der Waals surface area contributed by atoms with Gasteiger partial charge in [-0.1, -0.05) is 42.5 Å². The van der Waals surface area contributed by atoms with Crippen molar-refractivity contribution in [2.75, 3.05) is 6.61 Å². The van der Waals surface area contributed by atoms with Crippen LogP contribution in [0, 0.1) is 20.8 Å². The van der Waals surface area contributed by atoms with E-state index < -0.39 is 0 Å². The predicted octanol–water partition coefficient (Wildman–Crippen LogP) is 3.80. The molecule has 0 aliphatic rings. The molecule has 0 N–H and O–H groups in total. The first-order chi connectivity index (χ1) is 9.58. The zero-order chi connectivity index (χ0) is 14.5. The number of carbonyl (C=O) groups is 1. The fraction of sp³-hybridized carbons (Fsp3) is 0.278. The molecule has 0 aromatic heterocycles. The number of rotatable bonds is 5. The van der Waals surface area contributed by atoms with Crippen LogP contribution in [-0.2, 0) is 11.2 Å². The molecule has 0 atom stereocenters. The van der Waals surface area contributed by atoms with Gasteiger partial charge in [0.2, 0.25) is 0 Å². The Morgan fingerprint density at radius 1 is 0.950 bits per heavy atom. The Morgan fingerprint density at radius 2 is 1.60 bits per heavy atom. The molecule has 2 aromatic rings. The van der Waals surface area contributed by atoms with Crippen molar-refractivity contribution in [3.8, 4) is 5.75 Å². The summed E-state index contributed by atoms with van der Waals surface area (Å²) in [5, 5.41) is 0. The van der Waals surface area contributed by atoms with Crippen LogP contribution >= 0.6 is 0 Å². The van der Waals surface area contributed by atoms with E-state index >= 15 is 0 Å². The lowest BCUT2D eigenvalue weighted by Crippen LogP contribution is -2.15. The van der Waals surface area contributed by atoms with Gasteiger partial charge in [0.05, 0.1) is 0 Å². The molecule has 2 nitrogen and oxygen atoms in total. The Hall–Kier alpha value is -2.09. The monoisotopic (exact) mass is 268 g/mol. The molecule has 0 amide bonds. The van der Waals surface area contributed by atoms with E-state index in [9.17, 15) is 4.79 Å². The van der Waals surface area contributed by atoms with Gasteiger partial charge in [-0.15, -0.1) is 0 Å². The molecule has 0 bridgehead atoms. The third-order valence-corrected chi connectivity index (χ3v) is 3.50. The maximum Gasteiger partial charge on any atom is 0.174 e. The SMILES string of the molecule is Cc1ccc(C)c(OCC(=O)Cc2ccccc2)c1C. The van der Waals surface area contributed by atoms with E-state index in [1.165, 1.54) is 5.56 Å². The summed E-state index contributed by atoms with van der Waals surface area (Å²) in [5.74, 6) is 0.933. The normalized spacial score (nSPS) is 10.3. The Kier molecular flexibility index (Phi) is 4.57. The summed E-state index contributed by atoms with van der Waals surface area (Å²) in [4.78, 5) is 12.0. The lowest BCUT2D eigenvalue weighted by atomic mass is 10.1. The second kappa shape index (κ2) is 6.38.